The minimum absolute atomic E-state index is 0.203. The van der Waals surface area contributed by atoms with Crippen molar-refractivity contribution in [3.05, 3.63) is 132 Å². The fourth-order valence-electron chi connectivity index (χ4n) is 5.07. The predicted octanol–water partition coefficient (Wildman–Crippen LogP) is 5.31. The predicted molar refractivity (Wildman–Crippen MR) is 167 cm³/mol. The number of rotatable bonds is 7. The number of carbonyl (C=O) groups is 1. The number of esters is 1. The number of carbonyl (C=O) groups excluding carboxylic acids is 1. The van der Waals surface area contributed by atoms with Crippen LogP contribution in [-0.4, -0.2) is 34.0 Å². The third kappa shape index (κ3) is 5.45. The zero-order valence-electron chi connectivity index (χ0n) is 23.7. The molecule has 0 fully saturated rings. The highest BCUT2D eigenvalue weighted by atomic mass is 35.5. The number of thiazole rings is 1. The summed E-state index contributed by atoms with van der Waals surface area (Å²) in [6, 6.07) is 23.8. The van der Waals surface area contributed by atoms with Gasteiger partial charge in [0.15, 0.2) is 4.80 Å². The van der Waals surface area contributed by atoms with Gasteiger partial charge in [0.2, 0.25) is 0 Å². The Kier molecular flexibility index (Phi) is 7.84. The quantitative estimate of drug-likeness (QED) is 0.233. The normalized spacial score (nSPS) is 14.8. The van der Waals surface area contributed by atoms with Gasteiger partial charge in [0.05, 0.1) is 41.2 Å². The first kappa shape index (κ1) is 28.4. The molecule has 0 saturated heterocycles. The third-order valence-corrected chi connectivity index (χ3v) is 8.35. The van der Waals surface area contributed by atoms with Gasteiger partial charge in [-0.1, -0.05) is 65.4 Å². The van der Waals surface area contributed by atoms with Gasteiger partial charge in [0.25, 0.3) is 5.56 Å². The smallest absolute Gasteiger partial charge is 0.338 e. The molecule has 5 aromatic rings. The molecule has 0 bridgehead atoms. The van der Waals surface area contributed by atoms with Crippen LogP contribution in [0.3, 0.4) is 0 Å². The highest BCUT2D eigenvalue weighted by molar-refractivity contribution is 7.07. The molecule has 3 aromatic carbocycles. The van der Waals surface area contributed by atoms with Crippen LogP contribution in [-0.2, 0) is 9.53 Å². The standard InChI is InChI=1S/C33H27ClN4O4S/c1-4-42-32(40)28-20(2)35-33-38(30(28)22-12-16-26(41-3)17-13-22)31(39)27(43-33)18-23-19-37(25-8-6-5-7-9-25)36-29(23)21-10-14-24(34)15-11-21/h5-19,30H,4H2,1-3H3/t30-/m0/s1. The number of methoxy groups -OCH3 is 1. The molecule has 0 N–H and O–H groups in total. The summed E-state index contributed by atoms with van der Waals surface area (Å²) in [4.78, 5) is 32.5. The van der Waals surface area contributed by atoms with E-state index in [0.29, 0.717) is 37.1 Å². The van der Waals surface area contributed by atoms with Gasteiger partial charge < -0.3 is 9.47 Å². The van der Waals surface area contributed by atoms with Crippen molar-refractivity contribution in [3.8, 4) is 22.7 Å². The fourth-order valence-corrected chi connectivity index (χ4v) is 6.24. The molecule has 1 atom stereocenters. The van der Waals surface area contributed by atoms with Gasteiger partial charge in [-0.3, -0.25) is 9.36 Å². The molecular formula is C33H27ClN4O4S. The van der Waals surface area contributed by atoms with Gasteiger partial charge in [-0.25, -0.2) is 14.5 Å². The number of fused-ring (bicyclic) bond motifs is 1. The van der Waals surface area contributed by atoms with Gasteiger partial charge in [0.1, 0.15) is 11.4 Å². The summed E-state index contributed by atoms with van der Waals surface area (Å²) in [5.74, 6) is 0.160. The maximum Gasteiger partial charge on any atom is 0.338 e. The molecule has 10 heteroatoms. The molecule has 1 aliphatic rings. The molecule has 2 aromatic heterocycles. The second-order valence-corrected chi connectivity index (χ2v) is 11.2. The Labute approximate surface area is 256 Å². The van der Waals surface area contributed by atoms with Gasteiger partial charge in [-0.05, 0) is 61.9 Å². The first-order valence-electron chi connectivity index (χ1n) is 13.6. The van der Waals surface area contributed by atoms with E-state index in [1.807, 2.05) is 79.0 Å². The van der Waals surface area contributed by atoms with Gasteiger partial charge in [-0.2, -0.15) is 5.10 Å². The average molecular weight is 611 g/mol. The lowest BCUT2D eigenvalue weighted by Crippen LogP contribution is -2.39. The van der Waals surface area contributed by atoms with Crippen LogP contribution in [0.4, 0.5) is 0 Å². The van der Waals surface area contributed by atoms with Crippen molar-refractivity contribution >= 4 is 35.0 Å². The Morgan fingerprint density at radius 2 is 1.77 bits per heavy atom. The molecule has 43 heavy (non-hydrogen) atoms. The van der Waals surface area contributed by atoms with Gasteiger partial charge in [0, 0.05) is 22.3 Å². The van der Waals surface area contributed by atoms with Crippen LogP contribution in [0.25, 0.3) is 23.0 Å². The number of aromatic nitrogens is 3. The zero-order valence-corrected chi connectivity index (χ0v) is 25.2. The second-order valence-electron chi connectivity index (χ2n) is 9.80. The average Bonchev–Trinajstić information content (AvgIpc) is 3.58. The largest absolute Gasteiger partial charge is 0.497 e. The summed E-state index contributed by atoms with van der Waals surface area (Å²) in [6.45, 7) is 3.72. The number of nitrogens with zero attached hydrogens (tertiary/aromatic N) is 4. The van der Waals surface area contributed by atoms with Crippen LogP contribution in [0.2, 0.25) is 5.02 Å². The summed E-state index contributed by atoms with van der Waals surface area (Å²) in [5.41, 5.74) is 4.48. The molecule has 1 aliphatic heterocycles. The van der Waals surface area contributed by atoms with E-state index in [1.165, 1.54) is 11.3 Å². The number of para-hydroxylation sites is 1. The molecule has 3 heterocycles. The molecule has 6 rings (SSSR count). The van der Waals surface area contributed by atoms with Crippen molar-refractivity contribution in [2.24, 2.45) is 4.99 Å². The van der Waals surface area contributed by atoms with Crippen molar-refractivity contribution < 1.29 is 14.3 Å². The Morgan fingerprint density at radius 1 is 1.05 bits per heavy atom. The highest BCUT2D eigenvalue weighted by Crippen LogP contribution is 2.32. The topological polar surface area (TPSA) is 87.7 Å². The summed E-state index contributed by atoms with van der Waals surface area (Å²) < 4.78 is 14.6. The van der Waals surface area contributed by atoms with E-state index in [1.54, 1.807) is 42.3 Å². The fraction of sp³-hybridized carbons (Fsp3) is 0.152. The zero-order chi connectivity index (χ0) is 30.1. The van der Waals surface area contributed by atoms with Crippen LogP contribution < -0.4 is 19.6 Å². The van der Waals surface area contributed by atoms with Crippen LogP contribution in [0, 0.1) is 0 Å². The molecule has 0 radical (unpaired) electrons. The van der Waals surface area contributed by atoms with Crippen molar-refractivity contribution in [3.63, 3.8) is 0 Å². The molecule has 0 unspecified atom stereocenters. The highest BCUT2D eigenvalue weighted by Gasteiger charge is 2.33. The summed E-state index contributed by atoms with van der Waals surface area (Å²) in [7, 11) is 1.59. The lowest BCUT2D eigenvalue weighted by atomic mass is 9.96. The van der Waals surface area contributed by atoms with E-state index in [-0.39, 0.29) is 12.2 Å². The molecule has 216 valence electrons. The number of hydrogen-bond acceptors (Lipinski definition) is 7. The number of allylic oxidation sites excluding steroid dienone is 1. The molecule has 8 nitrogen and oxygen atoms in total. The first-order valence-corrected chi connectivity index (χ1v) is 14.8. The number of halogens is 1. The maximum atomic E-state index is 14.2. The molecular weight excluding hydrogens is 584 g/mol. The van der Waals surface area contributed by atoms with Crippen LogP contribution >= 0.6 is 22.9 Å². The Bertz CT molecular complexity index is 2030. The van der Waals surface area contributed by atoms with Crippen LogP contribution in [0.15, 0.2) is 106 Å². The lowest BCUT2D eigenvalue weighted by molar-refractivity contribution is -0.139. The molecule has 0 aliphatic carbocycles. The van der Waals surface area contributed by atoms with E-state index < -0.39 is 12.0 Å². The van der Waals surface area contributed by atoms with Crippen LogP contribution in [0.5, 0.6) is 5.75 Å². The SMILES string of the molecule is CCOC(=O)C1=C(C)N=c2sc(=Cc3cn(-c4ccccc4)nc3-c3ccc(Cl)cc3)c(=O)n2[C@H]1c1ccc(OC)cc1. The van der Waals surface area contributed by atoms with Crippen molar-refractivity contribution in [2.75, 3.05) is 13.7 Å². The van der Waals surface area contributed by atoms with E-state index in [4.69, 9.17) is 26.2 Å². The van der Waals surface area contributed by atoms with E-state index in [9.17, 15) is 9.59 Å². The summed E-state index contributed by atoms with van der Waals surface area (Å²) >= 11 is 7.43. The van der Waals surface area contributed by atoms with E-state index in [2.05, 4.69) is 4.99 Å². The number of ether oxygens (including phenoxy) is 2. The minimum Gasteiger partial charge on any atom is -0.497 e. The summed E-state index contributed by atoms with van der Waals surface area (Å²) in [5, 5.41) is 5.49. The first-order chi connectivity index (χ1) is 20.9. The van der Waals surface area contributed by atoms with Crippen molar-refractivity contribution in [2.45, 2.75) is 19.9 Å². The van der Waals surface area contributed by atoms with Crippen LogP contribution in [0.1, 0.15) is 31.0 Å². The van der Waals surface area contributed by atoms with Gasteiger partial charge in [-0.15, -0.1) is 0 Å². The molecule has 0 amide bonds. The second kappa shape index (κ2) is 11.9. The van der Waals surface area contributed by atoms with E-state index >= 15 is 0 Å². The number of benzene rings is 3. The van der Waals surface area contributed by atoms with Crippen molar-refractivity contribution in [1.29, 1.82) is 0 Å². The Balaban J connectivity index is 1.55. The van der Waals surface area contributed by atoms with Gasteiger partial charge >= 0.3 is 5.97 Å². The molecule has 0 saturated carbocycles. The monoisotopic (exact) mass is 610 g/mol. The number of hydrogen-bond donors (Lipinski definition) is 0. The Hall–Kier alpha value is -4.73. The third-order valence-electron chi connectivity index (χ3n) is 7.12. The maximum absolute atomic E-state index is 14.2. The molecule has 0 spiro atoms. The summed E-state index contributed by atoms with van der Waals surface area (Å²) in [6.07, 6.45) is 3.72. The lowest BCUT2D eigenvalue weighted by Gasteiger charge is -2.24. The minimum atomic E-state index is -0.717. The van der Waals surface area contributed by atoms with E-state index in [0.717, 1.165) is 22.4 Å². The Morgan fingerprint density at radius 3 is 2.44 bits per heavy atom. The van der Waals surface area contributed by atoms with Crippen molar-refractivity contribution in [1.82, 2.24) is 14.3 Å².